The first-order valence-electron chi connectivity index (χ1n) is 5.78. The predicted octanol–water partition coefficient (Wildman–Crippen LogP) is 4.16. The number of rotatable bonds is 6. The fourth-order valence-corrected chi connectivity index (χ4v) is 2.80. The summed E-state index contributed by atoms with van der Waals surface area (Å²) in [7, 11) is -1.46. The molecule has 0 atom stereocenters. The average Bonchev–Trinajstić information content (AvgIpc) is 2.15. The van der Waals surface area contributed by atoms with Crippen LogP contribution in [-0.2, 0) is 4.43 Å². The molecule has 0 bridgehead atoms. The minimum atomic E-state index is -1.46. The molecule has 14 heavy (non-hydrogen) atoms. The molecule has 1 nitrogen and oxygen atoms in total. The van der Waals surface area contributed by atoms with Crippen LogP contribution in [-0.4, -0.2) is 8.32 Å². The molecular formula is C12H24OSi. The lowest BCUT2D eigenvalue weighted by Crippen LogP contribution is -2.27. The van der Waals surface area contributed by atoms with Gasteiger partial charge in [-0.25, -0.2) is 0 Å². The third kappa shape index (κ3) is 8.19. The van der Waals surface area contributed by atoms with E-state index in [2.05, 4.69) is 39.0 Å². The topological polar surface area (TPSA) is 9.23 Å². The van der Waals surface area contributed by atoms with E-state index in [-0.39, 0.29) is 0 Å². The summed E-state index contributed by atoms with van der Waals surface area (Å²) in [5.74, 6) is 3.08. The van der Waals surface area contributed by atoms with Gasteiger partial charge in [-0.1, -0.05) is 39.0 Å². The van der Waals surface area contributed by atoms with Crippen molar-refractivity contribution in [3.05, 3.63) is 0 Å². The van der Waals surface area contributed by atoms with Gasteiger partial charge in [0.05, 0.1) is 6.11 Å². The van der Waals surface area contributed by atoms with Crippen LogP contribution in [0.4, 0.5) is 0 Å². The van der Waals surface area contributed by atoms with Crippen molar-refractivity contribution < 1.29 is 4.43 Å². The predicted molar refractivity (Wildman–Crippen MR) is 65.6 cm³/mol. The van der Waals surface area contributed by atoms with Gasteiger partial charge in [-0.3, -0.25) is 0 Å². The zero-order valence-electron chi connectivity index (χ0n) is 10.2. The van der Waals surface area contributed by atoms with E-state index in [0.29, 0.717) is 0 Å². The Kier molecular flexibility index (Phi) is 7.69. The van der Waals surface area contributed by atoms with E-state index >= 15 is 0 Å². The molecule has 2 heteroatoms. The molecule has 0 saturated carbocycles. The van der Waals surface area contributed by atoms with Crippen molar-refractivity contribution in [2.75, 3.05) is 0 Å². The summed E-state index contributed by atoms with van der Waals surface area (Å²) in [6, 6.07) is 1.23. The van der Waals surface area contributed by atoms with E-state index in [1.807, 2.05) is 0 Å². The van der Waals surface area contributed by atoms with Gasteiger partial charge in [0.15, 0.2) is 0 Å². The van der Waals surface area contributed by atoms with E-state index in [4.69, 9.17) is 4.43 Å². The molecule has 0 aromatic rings. The maximum atomic E-state index is 5.66. The van der Waals surface area contributed by atoms with Crippen LogP contribution in [0, 0.1) is 12.0 Å². The van der Waals surface area contributed by atoms with Crippen LogP contribution >= 0.6 is 0 Å². The molecule has 82 valence electrons. The zero-order valence-corrected chi connectivity index (χ0v) is 11.2. The molecule has 0 aromatic carbocycles. The van der Waals surface area contributed by atoms with Crippen molar-refractivity contribution in [1.29, 1.82) is 0 Å². The Morgan fingerprint density at radius 3 is 2.29 bits per heavy atom. The fraction of sp³-hybridized carbons (Fsp3) is 0.833. The molecule has 0 aromatic heterocycles. The summed E-state index contributed by atoms with van der Waals surface area (Å²) in [5.41, 5.74) is 0. The van der Waals surface area contributed by atoms with Crippen LogP contribution in [0.2, 0.25) is 19.1 Å². The van der Waals surface area contributed by atoms with Crippen LogP contribution in [0.3, 0.4) is 0 Å². The van der Waals surface area contributed by atoms with Gasteiger partial charge in [0.25, 0.3) is 8.32 Å². The monoisotopic (exact) mass is 212 g/mol. The van der Waals surface area contributed by atoms with Crippen LogP contribution in [0.25, 0.3) is 0 Å². The Morgan fingerprint density at radius 2 is 1.71 bits per heavy atom. The second-order valence-corrected chi connectivity index (χ2v) is 8.57. The Bertz CT molecular complexity index is 188. The van der Waals surface area contributed by atoms with Crippen molar-refractivity contribution >= 4 is 8.32 Å². The van der Waals surface area contributed by atoms with Gasteiger partial charge in [-0.05, 0) is 25.6 Å². The second kappa shape index (κ2) is 7.93. The van der Waals surface area contributed by atoms with Crippen LogP contribution in [0.1, 0.15) is 46.0 Å². The third-order valence-corrected chi connectivity index (χ3v) is 4.40. The van der Waals surface area contributed by atoms with Gasteiger partial charge in [0, 0.05) is 6.42 Å². The van der Waals surface area contributed by atoms with Crippen molar-refractivity contribution in [1.82, 2.24) is 0 Å². The maximum absolute atomic E-state index is 5.66. The van der Waals surface area contributed by atoms with E-state index in [1.54, 1.807) is 0 Å². The Labute approximate surface area is 90.4 Å². The minimum Gasteiger partial charge on any atom is -0.501 e. The molecule has 0 aliphatic heterocycles. The summed E-state index contributed by atoms with van der Waals surface area (Å²) in [5, 5.41) is 0. The summed E-state index contributed by atoms with van der Waals surface area (Å²) < 4.78 is 5.66. The number of hydrogen-bond acceptors (Lipinski definition) is 1. The van der Waals surface area contributed by atoms with E-state index in [1.165, 1.54) is 31.7 Å². The Balaban J connectivity index is 3.66. The summed E-state index contributed by atoms with van der Waals surface area (Å²) in [4.78, 5) is 0. The lowest BCUT2D eigenvalue weighted by atomic mass is 10.3. The molecule has 0 amide bonds. The molecular weight excluding hydrogens is 188 g/mol. The van der Waals surface area contributed by atoms with Gasteiger partial charge in [0.1, 0.15) is 0 Å². The van der Waals surface area contributed by atoms with Gasteiger partial charge in [-0.2, -0.15) is 0 Å². The third-order valence-electron chi connectivity index (χ3n) is 2.19. The molecule has 0 aliphatic carbocycles. The molecule has 0 radical (unpaired) electrons. The fourth-order valence-electron chi connectivity index (χ4n) is 1.14. The number of unbranched alkanes of at least 4 members (excludes halogenated alkanes) is 3. The van der Waals surface area contributed by atoms with Crippen LogP contribution in [0.5, 0.6) is 0 Å². The largest absolute Gasteiger partial charge is 0.501 e. The lowest BCUT2D eigenvalue weighted by Gasteiger charge is -2.18. The summed E-state index contributed by atoms with van der Waals surface area (Å²) in [6.45, 7) is 8.90. The first kappa shape index (κ1) is 13.6. The highest BCUT2D eigenvalue weighted by Crippen LogP contribution is 2.14. The van der Waals surface area contributed by atoms with Gasteiger partial charge < -0.3 is 4.43 Å². The highest BCUT2D eigenvalue weighted by atomic mass is 28.4. The zero-order chi connectivity index (χ0) is 10.9. The first-order valence-corrected chi connectivity index (χ1v) is 8.89. The highest BCUT2D eigenvalue weighted by molar-refractivity contribution is 6.71. The van der Waals surface area contributed by atoms with E-state index in [0.717, 1.165) is 6.42 Å². The minimum absolute atomic E-state index is 0.981. The van der Waals surface area contributed by atoms with Crippen molar-refractivity contribution in [3.63, 3.8) is 0 Å². The lowest BCUT2D eigenvalue weighted by molar-refractivity contribution is 0.504. The average molecular weight is 212 g/mol. The first-order chi connectivity index (χ1) is 6.62. The normalized spacial score (nSPS) is 10.6. The van der Waals surface area contributed by atoms with Crippen molar-refractivity contribution in [2.24, 2.45) is 0 Å². The maximum Gasteiger partial charge on any atom is 0.258 e. The van der Waals surface area contributed by atoms with Crippen molar-refractivity contribution in [2.45, 2.75) is 65.1 Å². The van der Waals surface area contributed by atoms with E-state index < -0.39 is 8.32 Å². The summed E-state index contributed by atoms with van der Waals surface area (Å²) in [6.07, 6.45) is 8.79. The van der Waals surface area contributed by atoms with Crippen molar-refractivity contribution in [3.8, 4) is 12.0 Å². The Morgan fingerprint density at radius 1 is 1.07 bits per heavy atom. The smallest absolute Gasteiger partial charge is 0.258 e. The molecule has 0 heterocycles. The molecule has 0 rings (SSSR count). The Hall–Kier alpha value is -0.423. The standard InChI is InChI=1S/C12H24OSi/c1-5-7-9-10-11-13-14(3,4)12-8-6-2/h5-9,12H2,1-4H3. The van der Waals surface area contributed by atoms with Gasteiger partial charge >= 0.3 is 0 Å². The summed E-state index contributed by atoms with van der Waals surface area (Å²) >= 11 is 0. The van der Waals surface area contributed by atoms with Crippen LogP contribution < -0.4 is 0 Å². The van der Waals surface area contributed by atoms with E-state index in [9.17, 15) is 0 Å². The highest BCUT2D eigenvalue weighted by Gasteiger charge is 2.22. The second-order valence-electron chi connectivity index (χ2n) is 4.35. The number of hydrogen-bond donors (Lipinski definition) is 0. The quantitative estimate of drug-likeness (QED) is 0.365. The van der Waals surface area contributed by atoms with Crippen LogP contribution in [0.15, 0.2) is 0 Å². The van der Waals surface area contributed by atoms with Gasteiger partial charge in [-0.15, -0.1) is 0 Å². The molecule has 0 unspecified atom stereocenters. The SMILES string of the molecule is CCCCC#CO[Si](C)(C)CCCC. The van der Waals surface area contributed by atoms with Gasteiger partial charge in [0.2, 0.25) is 0 Å². The molecule has 0 N–H and O–H groups in total. The molecule has 0 fully saturated rings. The molecule has 0 saturated heterocycles. The molecule has 0 spiro atoms. The molecule has 0 aliphatic rings.